The zero-order chi connectivity index (χ0) is 11.5. The van der Waals surface area contributed by atoms with Gasteiger partial charge in [0.25, 0.3) is 0 Å². The second kappa shape index (κ2) is 5.16. The summed E-state index contributed by atoms with van der Waals surface area (Å²) in [6.45, 7) is 18.4. The summed E-state index contributed by atoms with van der Waals surface area (Å²) in [6.07, 6.45) is 0. The van der Waals surface area contributed by atoms with E-state index in [0.29, 0.717) is 17.5 Å². The molecule has 0 spiro atoms. The second-order valence-corrected chi connectivity index (χ2v) is 6.12. The van der Waals surface area contributed by atoms with Crippen LogP contribution in [0.25, 0.3) is 0 Å². The van der Waals surface area contributed by atoms with Gasteiger partial charge >= 0.3 is 0 Å². The van der Waals surface area contributed by atoms with E-state index in [1.807, 2.05) is 0 Å². The molecule has 0 amide bonds. The van der Waals surface area contributed by atoms with Gasteiger partial charge in [0, 0.05) is 12.1 Å². The van der Waals surface area contributed by atoms with Crippen molar-refractivity contribution in [1.29, 1.82) is 0 Å². The van der Waals surface area contributed by atoms with Gasteiger partial charge in [-0.25, -0.2) is 0 Å². The van der Waals surface area contributed by atoms with Crippen LogP contribution in [0.4, 0.5) is 0 Å². The van der Waals surface area contributed by atoms with Crippen molar-refractivity contribution in [1.82, 2.24) is 5.32 Å². The average Bonchev–Trinajstić information content (AvgIpc) is 1.98. The van der Waals surface area contributed by atoms with Gasteiger partial charge in [0.2, 0.25) is 0 Å². The molecule has 0 aliphatic carbocycles. The highest BCUT2D eigenvalue weighted by molar-refractivity contribution is 4.81. The summed E-state index contributed by atoms with van der Waals surface area (Å²) in [5.74, 6) is 1.46. The maximum absolute atomic E-state index is 3.60. The molecule has 0 aromatic rings. The molecular weight excluding hydrogens is 170 g/mol. The zero-order valence-electron chi connectivity index (χ0n) is 11.3. The predicted molar refractivity (Wildman–Crippen MR) is 65.5 cm³/mol. The molecule has 0 saturated heterocycles. The quantitative estimate of drug-likeness (QED) is 0.728. The van der Waals surface area contributed by atoms with Crippen LogP contribution < -0.4 is 5.32 Å². The van der Waals surface area contributed by atoms with E-state index < -0.39 is 0 Å². The molecule has 0 aliphatic rings. The number of hydrogen-bond donors (Lipinski definition) is 1. The largest absolute Gasteiger partial charge is 0.312 e. The van der Waals surface area contributed by atoms with Crippen molar-refractivity contribution in [2.75, 3.05) is 0 Å². The molecule has 0 radical (unpaired) electrons. The standard InChI is InChI=1S/C13H29N/c1-9(2)14-12(5)10(3)11(4)13(6,7)8/h9-12,14H,1-8H3. The van der Waals surface area contributed by atoms with Gasteiger partial charge in [-0.1, -0.05) is 48.5 Å². The van der Waals surface area contributed by atoms with Crippen LogP contribution in [0.15, 0.2) is 0 Å². The fraction of sp³-hybridized carbons (Fsp3) is 1.00. The maximum Gasteiger partial charge on any atom is 0.00694 e. The van der Waals surface area contributed by atoms with E-state index >= 15 is 0 Å². The highest BCUT2D eigenvalue weighted by Crippen LogP contribution is 2.33. The van der Waals surface area contributed by atoms with E-state index in [9.17, 15) is 0 Å². The Bertz CT molecular complexity index is 155. The maximum atomic E-state index is 3.60. The molecule has 0 fully saturated rings. The van der Waals surface area contributed by atoms with Crippen LogP contribution in [0.3, 0.4) is 0 Å². The Kier molecular flexibility index (Phi) is 5.14. The minimum atomic E-state index is 0.409. The Morgan fingerprint density at radius 3 is 1.57 bits per heavy atom. The Hall–Kier alpha value is -0.0400. The first kappa shape index (κ1) is 14.0. The van der Waals surface area contributed by atoms with E-state index in [1.54, 1.807) is 0 Å². The molecule has 0 aromatic carbocycles. The fourth-order valence-electron chi connectivity index (χ4n) is 1.90. The monoisotopic (exact) mass is 199 g/mol. The molecular formula is C13H29N. The first-order chi connectivity index (χ1) is 6.16. The summed E-state index contributed by atoms with van der Waals surface area (Å²) < 4.78 is 0. The Morgan fingerprint density at radius 1 is 0.857 bits per heavy atom. The number of hydrogen-bond acceptors (Lipinski definition) is 1. The molecule has 3 unspecified atom stereocenters. The van der Waals surface area contributed by atoms with Gasteiger partial charge in [-0.3, -0.25) is 0 Å². The highest BCUT2D eigenvalue weighted by atomic mass is 14.9. The van der Waals surface area contributed by atoms with Crippen LogP contribution in [0.2, 0.25) is 0 Å². The topological polar surface area (TPSA) is 12.0 Å². The Labute approximate surface area is 90.7 Å². The van der Waals surface area contributed by atoms with E-state index in [-0.39, 0.29) is 0 Å². The molecule has 0 saturated carbocycles. The van der Waals surface area contributed by atoms with Crippen LogP contribution in [0, 0.1) is 17.3 Å². The molecule has 0 heterocycles. The fourth-order valence-corrected chi connectivity index (χ4v) is 1.90. The van der Waals surface area contributed by atoms with Gasteiger partial charge in [-0.05, 0) is 24.2 Å². The lowest BCUT2D eigenvalue weighted by atomic mass is 9.73. The first-order valence-corrected chi connectivity index (χ1v) is 5.92. The van der Waals surface area contributed by atoms with Crippen LogP contribution in [-0.4, -0.2) is 12.1 Å². The van der Waals surface area contributed by atoms with Crippen molar-refractivity contribution >= 4 is 0 Å². The Morgan fingerprint density at radius 2 is 1.29 bits per heavy atom. The van der Waals surface area contributed by atoms with E-state index in [4.69, 9.17) is 0 Å². The van der Waals surface area contributed by atoms with Gasteiger partial charge in [0.1, 0.15) is 0 Å². The third-order valence-electron chi connectivity index (χ3n) is 3.54. The van der Waals surface area contributed by atoms with Crippen molar-refractivity contribution < 1.29 is 0 Å². The molecule has 1 heteroatoms. The molecule has 14 heavy (non-hydrogen) atoms. The summed E-state index contributed by atoms with van der Waals surface area (Å²) in [4.78, 5) is 0. The van der Waals surface area contributed by atoms with Gasteiger partial charge < -0.3 is 5.32 Å². The lowest BCUT2D eigenvalue weighted by molar-refractivity contribution is 0.155. The highest BCUT2D eigenvalue weighted by Gasteiger charge is 2.28. The van der Waals surface area contributed by atoms with Crippen molar-refractivity contribution in [2.24, 2.45) is 17.3 Å². The van der Waals surface area contributed by atoms with Gasteiger partial charge in [-0.15, -0.1) is 0 Å². The van der Waals surface area contributed by atoms with E-state index in [2.05, 4.69) is 60.7 Å². The summed E-state index contributed by atoms with van der Waals surface area (Å²) >= 11 is 0. The molecule has 1 N–H and O–H groups in total. The minimum absolute atomic E-state index is 0.409. The third-order valence-corrected chi connectivity index (χ3v) is 3.54. The van der Waals surface area contributed by atoms with Crippen LogP contribution in [0.1, 0.15) is 55.4 Å². The van der Waals surface area contributed by atoms with Crippen molar-refractivity contribution in [3.8, 4) is 0 Å². The van der Waals surface area contributed by atoms with Crippen molar-refractivity contribution in [3.05, 3.63) is 0 Å². The van der Waals surface area contributed by atoms with E-state index in [1.165, 1.54) is 0 Å². The summed E-state index contributed by atoms with van der Waals surface area (Å²) in [7, 11) is 0. The number of nitrogens with one attached hydrogen (secondary N) is 1. The normalized spacial score (nSPS) is 19.5. The summed E-state index contributed by atoms with van der Waals surface area (Å²) in [5.41, 5.74) is 0.409. The smallest absolute Gasteiger partial charge is 0.00694 e. The van der Waals surface area contributed by atoms with Crippen LogP contribution in [0.5, 0.6) is 0 Å². The van der Waals surface area contributed by atoms with Gasteiger partial charge in [0.05, 0.1) is 0 Å². The lowest BCUT2D eigenvalue weighted by Crippen LogP contribution is -2.42. The number of rotatable bonds is 4. The Balaban J connectivity index is 4.24. The summed E-state index contributed by atoms with van der Waals surface area (Å²) in [5, 5.41) is 3.60. The van der Waals surface area contributed by atoms with Crippen molar-refractivity contribution in [3.63, 3.8) is 0 Å². The zero-order valence-corrected chi connectivity index (χ0v) is 11.3. The molecule has 0 aliphatic heterocycles. The second-order valence-electron chi connectivity index (χ2n) is 6.12. The summed E-state index contributed by atoms with van der Waals surface area (Å²) in [6, 6.07) is 1.18. The molecule has 0 bridgehead atoms. The minimum Gasteiger partial charge on any atom is -0.312 e. The van der Waals surface area contributed by atoms with Gasteiger partial charge in [-0.2, -0.15) is 0 Å². The lowest BCUT2D eigenvalue weighted by Gasteiger charge is -2.36. The van der Waals surface area contributed by atoms with Crippen LogP contribution >= 0.6 is 0 Å². The molecule has 0 rings (SSSR count). The van der Waals surface area contributed by atoms with Gasteiger partial charge in [0.15, 0.2) is 0 Å². The molecule has 1 nitrogen and oxygen atoms in total. The molecule has 86 valence electrons. The van der Waals surface area contributed by atoms with Crippen molar-refractivity contribution in [2.45, 2.75) is 67.5 Å². The molecule has 0 aromatic heterocycles. The van der Waals surface area contributed by atoms with Crippen LogP contribution in [-0.2, 0) is 0 Å². The van der Waals surface area contributed by atoms with E-state index in [0.717, 1.165) is 11.8 Å². The predicted octanol–water partition coefficient (Wildman–Crippen LogP) is 3.69. The SMILES string of the molecule is CC(C)NC(C)C(C)C(C)C(C)(C)C. The first-order valence-electron chi connectivity index (χ1n) is 5.92. The molecule has 3 atom stereocenters. The third kappa shape index (κ3) is 4.45. The average molecular weight is 199 g/mol.